The molecule has 4 nitrogen and oxygen atoms in total. The van der Waals surface area contributed by atoms with Crippen molar-refractivity contribution in [3.05, 3.63) is 29.3 Å². The first kappa shape index (κ1) is 10.4. The van der Waals surface area contributed by atoms with Crippen molar-refractivity contribution < 1.29 is 0 Å². The average molecular weight is 209 g/mol. The van der Waals surface area contributed by atoms with E-state index in [1.54, 1.807) is 42.4 Å². The quantitative estimate of drug-likeness (QED) is 0.433. The zero-order valence-corrected chi connectivity index (χ0v) is 8.36. The third-order valence-corrected chi connectivity index (χ3v) is 1.97. The zero-order chi connectivity index (χ0) is 10.6. The number of hydrogen-bond donors (Lipinski definition) is 1. The third-order valence-electron chi connectivity index (χ3n) is 1.72. The fourth-order valence-electron chi connectivity index (χ4n) is 0.923. The largest absolute Gasteiger partial charge is 0.369 e. The summed E-state index contributed by atoms with van der Waals surface area (Å²) in [6.45, 7) is 0. The van der Waals surface area contributed by atoms with E-state index in [1.165, 1.54) is 0 Å². The number of aliphatic imine (C=N–C) groups is 1. The average Bonchev–Trinajstić information content (AvgIpc) is 2.18. The Morgan fingerprint density at radius 2 is 2.07 bits per heavy atom. The molecule has 72 valence electrons. The van der Waals surface area contributed by atoms with E-state index >= 15 is 0 Å². The minimum absolute atomic E-state index is 0.148. The summed E-state index contributed by atoms with van der Waals surface area (Å²) in [4.78, 5) is 5.01. The molecule has 0 saturated heterocycles. The van der Waals surface area contributed by atoms with Gasteiger partial charge in [-0.3, -0.25) is 0 Å². The first-order chi connectivity index (χ1) is 6.65. The number of nitriles is 1. The number of guanidine groups is 1. The molecule has 2 N–H and O–H groups in total. The Morgan fingerprint density at radius 1 is 1.50 bits per heavy atom. The van der Waals surface area contributed by atoms with E-state index in [0.29, 0.717) is 5.02 Å². The Bertz CT molecular complexity index is 377. The highest BCUT2D eigenvalue weighted by atomic mass is 35.5. The van der Waals surface area contributed by atoms with Gasteiger partial charge in [-0.25, -0.2) is 0 Å². The van der Waals surface area contributed by atoms with Crippen molar-refractivity contribution >= 4 is 23.2 Å². The molecular formula is C9H9ClN4. The number of nitrogens with two attached hydrogens (primary N) is 1. The molecule has 1 aromatic rings. The zero-order valence-electron chi connectivity index (χ0n) is 7.61. The normalized spacial score (nSPS) is 10.8. The number of halogens is 1. The van der Waals surface area contributed by atoms with E-state index in [2.05, 4.69) is 4.99 Å². The van der Waals surface area contributed by atoms with E-state index < -0.39 is 0 Å². The lowest BCUT2D eigenvalue weighted by atomic mass is 10.3. The van der Waals surface area contributed by atoms with Gasteiger partial charge in [-0.1, -0.05) is 11.6 Å². The second-order valence-corrected chi connectivity index (χ2v) is 3.04. The van der Waals surface area contributed by atoms with Gasteiger partial charge in [0.1, 0.15) is 0 Å². The maximum absolute atomic E-state index is 8.31. The molecule has 1 aromatic carbocycles. The van der Waals surface area contributed by atoms with Gasteiger partial charge < -0.3 is 10.6 Å². The summed E-state index contributed by atoms with van der Waals surface area (Å²) in [5, 5.41) is 8.96. The summed E-state index contributed by atoms with van der Waals surface area (Å²) in [6.07, 6.45) is 1.62. The van der Waals surface area contributed by atoms with Crippen molar-refractivity contribution in [3.8, 4) is 6.19 Å². The fraction of sp³-hybridized carbons (Fsp3) is 0.111. The van der Waals surface area contributed by atoms with E-state index in [0.717, 1.165) is 5.69 Å². The van der Waals surface area contributed by atoms with Crippen LogP contribution in [-0.4, -0.2) is 13.0 Å². The van der Waals surface area contributed by atoms with Crippen LogP contribution in [-0.2, 0) is 0 Å². The van der Waals surface area contributed by atoms with Gasteiger partial charge in [0, 0.05) is 17.8 Å². The number of rotatable bonds is 1. The number of benzene rings is 1. The van der Waals surface area contributed by atoms with Crippen LogP contribution in [0.1, 0.15) is 0 Å². The highest BCUT2D eigenvalue weighted by molar-refractivity contribution is 6.30. The summed E-state index contributed by atoms with van der Waals surface area (Å²) < 4.78 is 0. The maximum Gasteiger partial charge on any atom is 0.211 e. The Morgan fingerprint density at radius 3 is 2.57 bits per heavy atom. The minimum atomic E-state index is 0.148. The SMILES string of the molecule is CN(C(N)=NC#N)c1ccc(Cl)cc1. The molecule has 0 bridgehead atoms. The lowest BCUT2D eigenvalue weighted by Crippen LogP contribution is -2.33. The van der Waals surface area contributed by atoms with Crippen LogP contribution in [0, 0.1) is 11.5 Å². The molecule has 0 radical (unpaired) electrons. The van der Waals surface area contributed by atoms with Crippen molar-refractivity contribution in [2.45, 2.75) is 0 Å². The first-order valence-electron chi connectivity index (χ1n) is 3.86. The van der Waals surface area contributed by atoms with Gasteiger partial charge >= 0.3 is 0 Å². The van der Waals surface area contributed by atoms with Crippen molar-refractivity contribution in [2.24, 2.45) is 10.7 Å². The van der Waals surface area contributed by atoms with Crippen LogP contribution in [0.3, 0.4) is 0 Å². The summed E-state index contributed by atoms with van der Waals surface area (Å²) >= 11 is 5.72. The van der Waals surface area contributed by atoms with E-state index in [1.807, 2.05) is 0 Å². The molecule has 14 heavy (non-hydrogen) atoms. The molecule has 0 aliphatic heterocycles. The summed E-state index contributed by atoms with van der Waals surface area (Å²) in [6, 6.07) is 7.07. The number of anilines is 1. The predicted octanol–water partition coefficient (Wildman–Crippen LogP) is 1.57. The lowest BCUT2D eigenvalue weighted by Gasteiger charge is -2.16. The highest BCUT2D eigenvalue weighted by Crippen LogP contribution is 2.16. The monoisotopic (exact) mass is 208 g/mol. The molecule has 0 fully saturated rings. The Balaban J connectivity index is 2.91. The Labute approximate surface area is 87.2 Å². The second kappa shape index (κ2) is 4.49. The number of nitrogens with zero attached hydrogens (tertiary/aromatic N) is 3. The van der Waals surface area contributed by atoms with Crippen LogP contribution >= 0.6 is 11.6 Å². The van der Waals surface area contributed by atoms with Gasteiger partial charge in [-0.05, 0) is 24.3 Å². The van der Waals surface area contributed by atoms with Gasteiger partial charge in [0.2, 0.25) is 12.2 Å². The topological polar surface area (TPSA) is 65.4 Å². The van der Waals surface area contributed by atoms with E-state index in [4.69, 9.17) is 22.6 Å². The van der Waals surface area contributed by atoms with Crippen LogP contribution in [0.5, 0.6) is 0 Å². The van der Waals surface area contributed by atoms with Gasteiger partial charge in [0.25, 0.3) is 0 Å². The van der Waals surface area contributed by atoms with Crippen molar-refractivity contribution in [1.82, 2.24) is 0 Å². The molecular weight excluding hydrogens is 200 g/mol. The Hall–Kier alpha value is -1.73. The highest BCUT2D eigenvalue weighted by Gasteiger charge is 2.03. The standard InChI is InChI=1S/C9H9ClN4/c1-14(9(12)13-6-11)8-4-2-7(10)3-5-8/h2-5H,1H3,(H2,12,13). The lowest BCUT2D eigenvalue weighted by molar-refractivity contribution is 1.22. The fourth-order valence-corrected chi connectivity index (χ4v) is 1.05. The molecule has 5 heteroatoms. The molecule has 0 atom stereocenters. The minimum Gasteiger partial charge on any atom is -0.369 e. The van der Waals surface area contributed by atoms with Crippen LogP contribution in [0.15, 0.2) is 29.3 Å². The van der Waals surface area contributed by atoms with Crippen molar-refractivity contribution in [2.75, 3.05) is 11.9 Å². The summed E-state index contributed by atoms with van der Waals surface area (Å²) in [5.74, 6) is 0.148. The molecule has 0 heterocycles. The van der Waals surface area contributed by atoms with Gasteiger partial charge in [0.05, 0.1) is 0 Å². The van der Waals surface area contributed by atoms with E-state index in [9.17, 15) is 0 Å². The molecule has 0 saturated carbocycles. The van der Waals surface area contributed by atoms with Gasteiger partial charge in [0.15, 0.2) is 0 Å². The second-order valence-electron chi connectivity index (χ2n) is 2.61. The Kier molecular flexibility index (Phi) is 3.32. The number of hydrogen-bond acceptors (Lipinski definition) is 2. The van der Waals surface area contributed by atoms with Crippen molar-refractivity contribution in [3.63, 3.8) is 0 Å². The van der Waals surface area contributed by atoms with Gasteiger partial charge in [-0.15, -0.1) is 4.99 Å². The predicted molar refractivity (Wildman–Crippen MR) is 57.1 cm³/mol. The molecule has 0 aromatic heterocycles. The molecule has 1 rings (SSSR count). The molecule has 0 spiro atoms. The van der Waals surface area contributed by atoms with Crippen LogP contribution in [0.2, 0.25) is 5.02 Å². The van der Waals surface area contributed by atoms with Crippen LogP contribution in [0.25, 0.3) is 0 Å². The molecule has 0 unspecified atom stereocenters. The maximum atomic E-state index is 8.31. The molecule has 0 amide bonds. The van der Waals surface area contributed by atoms with Gasteiger partial charge in [-0.2, -0.15) is 5.26 Å². The first-order valence-corrected chi connectivity index (χ1v) is 4.24. The molecule has 0 aliphatic carbocycles. The smallest absolute Gasteiger partial charge is 0.211 e. The summed E-state index contributed by atoms with van der Waals surface area (Å²) in [5.41, 5.74) is 6.34. The van der Waals surface area contributed by atoms with Crippen molar-refractivity contribution in [1.29, 1.82) is 5.26 Å². The van der Waals surface area contributed by atoms with Crippen LogP contribution < -0.4 is 10.6 Å². The van der Waals surface area contributed by atoms with Crippen LogP contribution in [0.4, 0.5) is 5.69 Å². The third kappa shape index (κ3) is 2.38. The summed E-state index contributed by atoms with van der Waals surface area (Å²) in [7, 11) is 1.72. The molecule has 0 aliphatic rings. The van der Waals surface area contributed by atoms with E-state index in [-0.39, 0.29) is 5.96 Å².